The molecule has 0 amide bonds. The highest BCUT2D eigenvalue weighted by Gasteiger charge is 2.12. The first-order valence-electron chi connectivity index (χ1n) is 6.91. The molecule has 110 valence electrons. The number of aromatic hydroxyl groups is 1. The number of hydrogen-bond acceptors (Lipinski definition) is 3. The maximum absolute atomic E-state index is 11.2. The molecule has 4 heteroatoms. The molecule has 0 fully saturated rings. The van der Waals surface area contributed by atoms with Crippen LogP contribution in [0, 0.1) is 0 Å². The molecule has 0 aliphatic carbocycles. The van der Waals surface area contributed by atoms with E-state index in [2.05, 4.69) is 6.92 Å². The average molecular weight is 286 g/mol. The Morgan fingerprint density at radius 2 is 1.86 bits per heavy atom. The van der Waals surface area contributed by atoms with E-state index in [0.29, 0.717) is 12.2 Å². The van der Waals surface area contributed by atoms with Crippen molar-refractivity contribution >= 4 is 5.97 Å². The highest BCUT2D eigenvalue weighted by Crippen LogP contribution is 2.29. The Morgan fingerprint density at radius 1 is 1.14 bits per heavy atom. The number of aromatic carboxylic acids is 1. The van der Waals surface area contributed by atoms with Gasteiger partial charge in [0.2, 0.25) is 0 Å². The maximum atomic E-state index is 11.2. The molecule has 0 aromatic heterocycles. The number of carbonyl (C=O) groups is 1. The number of rotatable bonds is 6. The molecular weight excluding hydrogens is 268 g/mol. The first-order chi connectivity index (χ1) is 10.1. The summed E-state index contributed by atoms with van der Waals surface area (Å²) >= 11 is 0. The summed E-state index contributed by atoms with van der Waals surface area (Å²) in [5, 5.41) is 18.8. The lowest BCUT2D eigenvalue weighted by Gasteiger charge is -2.09. The van der Waals surface area contributed by atoms with Gasteiger partial charge in [-0.25, -0.2) is 4.79 Å². The fraction of sp³-hybridized carbons (Fsp3) is 0.235. The van der Waals surface area contributed by atoms with E-state index in [0.717, 1.165) is 24.2 Å². The number of phenolic OH excluding ortho intramolecular Hbond substituents is 1. The third-order valence-electron chi connectivity index (χ3n) is 3.17. The molecule has 2 N–H and O–H groups in total. The lowest BCUT2D eigenvalue weighted by Crippen LogP contribution is -1.99. The van der Waals surface area contributed by atoms with Gasteiger partial charge in [0.05, 0.1) is 12.2 Å². The zero-order valence-corrected chi connectivity index (χ0v) is 11.9. The molecule has 0 saturated heterocycles. The summed E-state index contributed by atoms with van der Waals surface area (Å²) in [6.45, 7) is 2.77. The van der Waals surface area contributed by atoms with Crippen molar-refractivity contribution in [3.8, 4) is 22.6 Å². The Kier molecular flexibility index (Phi) is 4.82. The van der Waals surface area contributed by atoms with Crippen LogP contribution in [0.25, 0.3) is 11.1 Å². The topological polar surface area (TPSA) is 66.8 Å². The van der Waals surface area contributed by atoms with Crippen molar-refractivity contribution in [2.45, 2.75) is 19.8 Å². The Hall–Kier alpha value is -2.49. The highest BCUT2D eigenvalue weighted by atomic mass is 16.5. The zero-order chi connectivity index (χ0) is 15.2. The number of ether oxygens (including phenoxy) is 1. The van der Waals surface area contributed by atoms with Crippen LogP contribution in [0.5, 0.6) is 11.5 Å². The molecule has 2 aromatic carbocycles. The van der Waals surface area contributed by atoms with Gasteiger partial charge in [0.25, 0.3) is 0 Å². The predicted molar refractivity (Wildman–Crippen MR) is 80.9 cm³/mol. The first kappa shape index (κ1) is 14.9. The minimum atomic E-state index is -1.02. The van der Waals surface area contributed by atoms with Gasteiger partial charge in [-0.3, -0.25) is 0 Å². The number of hydrogen-bond donors (Lipinski definition) is 2. The second-order valence-electron chi connectivity index (χ2n) is 4.76. The van der Waals surface area contributed by atoms with Gasteiger partial charge in [0, 0.05) is 0 Å². The lowest BCUT2D eigenvalue weighted by molar-refractivity contribution is 0.0697. The van der Waals surface area contributed by atoms with Crippen molar-refractivity contribution in [2.75, 3.05) is 6.61 Å². The third kappa shape index (κ3) is 3.75. The van der Waals surface area contributed by atoms with Gasteiger partial charge in [0.15, 0.2) is 0 Å². The summed E-state index contributed by atoms with van der Waals surface area (Å²) in [6.07, 6.45) is 2.07. The van der Waals surface area contributed by atoms with Crippen molar-refractivity contribution in [1.82, 2.24) is 0 Å². The molecule has 2 aromatic rings. The average Bonchev–Trinajstić information content (AvgIpc) is 2.48. The van der Waals surface area contributed by atoms with E-state index in [4.69, 9.17) is 4.74 Å². The van der Waals surface area contributed by atoms with Gasteiger partial charge >= 0.3 is 5.97 Å². The van der Waals surface area contributed by atoms with Gasteiger partial charge in [-0.05, 0) is 47.9 Å². The smallest absolute Gasteiger partial charge is 0.336 e. The summed E-state index contributed by atoms with van der Waals surface area (Å²) < 4.78 is 5.57. The van der Waals surface area contributed by atoms with E-state index < -0.39 is 5.97 Å². The van der Waals surface area contributed by atoms with Crippen molar-refractivity contribution < 1.29 is 19.7 Å². The number of benzene rings is 2. The number of unbranched alkanes of at least 4 members (excludes halogenated alkanes) is 1. The fourth-order valence-corrected chi connectivity index (χ4v) is 2.02. The standard InChI is InChI=1S/C17H18O4/c1-2-3-10-21-14-7-4-12(5-8-14)16-11-13(18)6-9-15(16)17(19)20/h4-9,11,18H,2-3,10H2,1H3,(H,19,20). The van der Waals surface area contributed by atoms with Crippen molar-refractivity contribution in [2.24, 2.45) is 0 Å². The minimum Gasteiger partial charge on any atom is -0.508 e. The van der Waals surface area contributed by atoms with Crippen LogP contribution in [0.1, 0.15) is 30.1 Å². The van der Waals surface area contributed by atoms with Crippen LogP contribution in [0.2, 0.25) is 0 Å². The van der Waals surface area contributed by atoms with Gasteiger partial charge in [0.1, 0.15) is 11.5 Å². The highest BCUT2D eigenvalue weighted by molar-refractivity contribution is 5.96. The van der Waals surface area contributed by atoms with Crippen LogP contribution in [0.3, 0.4) is 0 Å². The molecule has 0 spiro atoms. The van der Waals surface area contributed by atoms with Crippen LogP contribution in [0.15, 0.2) is 42.5 Å². The Bertz CT molecular complexity index is 617. The number of phenols is 1. The van der Waals surface area contributed by atoms with Crippen molar-refractivity contribution in [3.63, 3.8) is 0 Å². The van der Waals surface area contributed by atoms with Crippen LogP contribution < -0.4 is 4.74 Å². The molecule has 0 aliphatic heterocycles. The summed E-state index contributed by atoms with van der Waals surface area (Å²) in [6, 6.07) is 11.4. The van der Waals surface area contributed by atoms with Gasteiger partial charge < -0.3 is 14.9 Å². The van der Waals surface area contributed by atoms with E-state index >= 15 is 0 Å². The molecule has 0 unspecified atom stereocenters. The second kappa shape index (κ2) is 6.79. The molecule has 4 nitrogen and oxygen atoms in total. The van der Waals surface area contributed by atoms with Crippen LogP contribution in [-0.2, 0) is 0 Å². The molecule has 0 heterocycles. The molecule has 0 aliphatic rings. The summed E-state index contributed by atoms with van der Waals surface area (Å²) in [5.41, 5.74) is 1.38. The van der Waals surface area contributed by atoms with Crippen LogP contribution in [-0.4, -0.2) is 22.8 Å². The molecule has 0 atom stereocenters. The predicted octanol–water partition coefficient (Wildman–Crippen LogP) is 3.94. The molecule has 2 rings (SSSR count). The quantitative estimate of drug-likeness (QED) is 0.789. The van der Waals surface area contributed by atoms with Crippen molar-refractivity contribution in [3.05, 3.63) is 48.0 Å². The van der Waals surface area contributed by atoms with E-state index in [-0.39, 0.29) is 11.3 Å². The maximum Gasteiger partial charge on any atom is 0.336 e. The SMILES string of the molecule is CCCCOc1ccc(-c2cc(O)ccc2C(=O)O)cc1. The Morgan fingerprint density at radius 3 is 2.48 bits per heavy atom. The van der Waals surface area contributed by atoms with Gasteiger partial charge in [-0.1, -0.05) is 25.5 Å². The van der Waals surface area contributed by atoms with E-state index in [1.165, 1.54) is 18.2 Å². The van der Waals surface area contributed by atoms with E-state index in [1.807, 2.05) is 0 Å². The number of carboxylic acid groups (broad SMARTS) is 1. The largest absolute Gasteiger partial charge is 0.508 e. The fourth-order valence-electron chi connectivity index (χ4n) is 2.02. The lowest BCUT2D eigenvalue weighted by atomic mass is 9.99. The van der Waals surface area contributed by atoms with Crippen LogP contribution >= 0.6 is 0 Å². The monoisotopic (exact) mass is 286 g/mol. The van der Waals surface area contributed by atoms with E-state index in [9.17, 15) is 15.0 Å². The van der Waals surface area contributed by atoms with Crippen LogP contribution in [0.4, 0.5) is 0 Å². The first-order valence-corrected chi connectivity index (χ1v) is 6.91. The molecule has 0 radical (unpaired) electrons. The number of carboxylic acids is 1. The minimum absolute atomic E-state index is 0.0401. The zero-order valence-electron chi connectivity index (χ0n) is 11.9. The second-order valence-corrected chi connectivity index (χ2v) is 4.76. The van der Waals surface area contributed by atoms with E-state index in [1.54, 1.807) is 24.3 Å². The molecule has 0 bridgehead atoms. The van der Waals surface area contributed by atoms with Crippen molar-refractivity contribution in [1.29, 1.82) is 0 Å². The molecule has 21 heavy (non-hydrogen) atoms. The molecular formula is C17H18O4. The summed E-state index contributed by atoms with van der Waals surface area (Å²) in [4.78, 5) is 11.2. The normalized spacial score (nSPS) is 10.3. The van der Waals surface area contributed by atoms with Gasteiger partial charge in [-0.15, -0.1) is 0 Å². The summed E-state index contributed by atoms with van der Waals surface area (Å²) in [5.74, 6) is -0.226. The summed E-state index contributed by atoms with van der Waals surface area (Å²) in [7, 11) is 0. The Balaban J connectivity index is 2.26. The molecule has 0 saturated carbocycles. The third-order valence-corrected chi connectivity index (χ3v) is 3.17. The Labute approximate surface area is 123 Å². The van der Waals surface area contributed by atoms with Gasteiger partial charge in [-0.2, -0.15) is 0 Å².